The first-order valence-electron chi connectivity index (χ1n) is 11.9. The number of hydrogen-bond donors (Lipinski definition) is 2. The zero-order valence-electron chi connectivity index (χ0n) is 21.0. The van der Waals surface area contributed by atoms with Crippen LogP contribution in [0.5, 0.6) is 0 Å². The average Bonchev–Trinajstić information content (AvgIpc) is 3.06. The van der Waals surface area contributed by atoms with Crippen molar-refractivity contribution >= 4 is 5.91 Å². The number of hydrogen-bond acceptors (Lipinski definition) is 6. The number of carbonyl (C=O) groups excluding carboxylic acids is 1. The fourth-order valence-corrected chi connectivity index (χ4v) is 4.05. The Morgan fingerprint density at radius 3 is 2.59 bits per heavy atom. The third-order valence-corrected chi connectivity index (χ3v) is 5.65. The van der Waals surface area contributed by atoms with Crippen molar-refractivity contribution in [2.24, 2.45) is 5.92 Å². The van der Waals surface area contributed by atoms with Gasteiger partial charge >= 0.3 is 0 Å². The minimum atomic E-state index is -0.996. The third-order valence-electron chi connectivity index (χ3n) is 5.65. The number of benzene rings is 1. The Labute approximate surface area is 202 Å². The second kappa shape index (κ2) is 11.6. The Morgan fingerprint density at radius 1 is 1.21 bits per heavy atom. The lowest BCUT2D eigenvalue weighted by atomic mass is 10.0. The van der Waals surface area contributed by atoms with Crippen LogP contribution in [0, 0.1) is 17.8 Å². The van der Waals surface area contributed by atoms with Crippen LogP contribution < -0.4 is 5.32 Å². The van der Waals surface area contributed by atoms with Crippen LogP contribution in [0.1, 0.15) is 62.9 Å². The van der Waals surface area contributed by atoms with Gasteiger partial charge in [0, 0.05) is 45.3 Å². The Morgan fingerprint density at radius 2 is 1.94 bits per heavy atom. The predicted octanol–water partition coefficient (Wildman–Crippen LogP) is 2.31. The molecule has 0 saturated heterocycles. The van der Waals surface area contributed by atoms with Crippen molar-refractivity contribution < 1.29 is 14.6 Å². The highest BCUT2D eigenvalue weighted by molar-refractivity contribution is 5.77. The molecule has 0 saturated carbocycles. The topological polar surface area (TPSA) is 92.5 Å². The number of nitrogens with one attached hydrogen (secondary N) is 1. The molecule has 34 heavy (non-hydrogen) atoms. The van der Waals surface area contributed by atoms with Gasteiger partial charge in [0.2, 0.25) is 5.91 Å². The van der Waals surface area contributed by atoms with Gasteiger partial charge in [-0.1, -0.05) is 37.8 Å². The van der Waals surface area contributed by atoms with E-state index in [1.165, 1.54) is 12.7 Å². The van der Waals surface area contributed by atoms with Crippen molar-refractivity contribution in [2.75, 3.05) is 26.8 Å². The molecule has 0 radical (unpaired) electrons. The molecule has 0 fully saturated rings. The number of aromatic nitrogens is 3. The number of nitrogens with zero attached hydrogens (tertiary/aromatic N) is 4. The third kappa shape index (κ3) is 7.66. The molecule has 1 amide bonds. The molecular formula is C26H37N5O3. The number of methoxy groups -OCH3 is 1. The van der Waals surface area contributed by atoms with Gasteiger partial charge in [0.05, 0.1) is 6.04 Å². The van der Waals surface area contributed by atoms with Crippen LogP contribution in [-0.2, 0) is 29.0 Å². The van der Waals surface area contributed by atoms with Crippen LogP contribution in [0.25, 0.3) is 0 Å². The number of amides is 1. The van der Waals surface area contributed by atoms with E-state index in [0.29, 0.717) is 5.92 Å². The van der Waals surface area contributed by atoms with Crippen LogP contribution in [0.4, 0.5) is 0 Å². The molecule has 0 bridgehead atoms. The van der Waals surface area contributed by atoms with E-state index in [9.17, 15) is 9.90 Å². The van der Waals surface area contributed by atoms with E-state index in [-0.39, 0.29) is 18.6 Å². The lowest BCUT2D eigenvalue weighted by Crippen LogP contribution is -2.34. The van der Waals surface area contributed by atoms with E-state index in [0.717, 1.165) is 56.2 Å². The molecule has 0 unspecified atom stereocenters. The highest BCUT2D eigenvalue weighted by Gasteiger charge is 2.26. The molecule has 0 aliphatic carbocycles. The van der Waals surface area contributed by atoms with Gasteiger partial charge in [0.15, 0.2) is 5.82 Å². The first-order chi connectivity index (χ1) is 16.1. The van der Waals surface area contributed by atoms with Crippen LogP contribution in [0.15, 0.2) is 24.3 Å². The van der Waals surface area contributed by atoms with E-state index in [1.807, 2.05) is 12.1 Å². The number of fused-ring (bicyclic) bond motifs is 1. The van der Waals surface area contributed by atoms with E-state index < -0.39 is 5.60 Å². The molecular weight excluding hydrogens is 430 g/mol. The molecule has 8 heteroatoms. The fraction of sp³-hybridized carbons (Fsp3) is 0.577. The zero-order chi connectivity index (χ0) is 24.7. The lowest BCUT2D eigenvalue weighted by Gasteiger charge is -2.22. The molecule has 1 aliphatic rings. The van der Waals surface area contributed by atoms with E-state index in [1.54, 1.807) is 13.8 Å². The van der Waals surface area contributed by atoms with Crippen molar-refractivity contribution in [2.45, 2.75) is 65.3 Å². The summed E-state index contributed by atoms with van der Waals surface area (Å²) in [5, 5.41) is 21.8. The quantitative estimate of drug-likeness (QED) is 0.579. The standard InChI is InChI=1S/C26H37N5O3/c1-19(2)16-22(27-24(32)18-34-5)25-29-28-23-11-13-30(14-15-31(23)25)17-21-8-6-20(7-9-21)10-12-26(3,4)33/h6-9,19,22,33H,11,13-18H2,1-5H3,(H,27,32)/t22-/m0/s1. The monoisotopic (exact) mass is 467 g/mol. The second-order valence-corrected chi connectivity index (χ2v) is 9.84. The van der Waals surface area contributed by atoms with Gasteiger partial charge in [0.25, 0.3) is 0 Å². The minimum absolute atomic E-state index is 0.0332. The lowest BCUT2D eigenvalue weighted by molar-refractivity contribution is -0.125. The maximum atomic E-state index is 12.2. The predicted molar refractivity (Wildman–Crippen MR) is 131 cm³/mol. The van der Waals surface area contributed by atoms with Gasteiger partial charge in [-0.15, -0.1) is 10.2 Å². The molecule has 1 aromatic carbocycles. The van der Waals surface area contributed by atoms with Crippen LogP contribution >= 0.6 is 0 Å². The Bertz CT molecular complexity index is 1010. The molecule has 1 aromatic heterocycles. The van der Waals surface area contributed by atoms with Crippen molar-refractivity contribution in [3.05, 3.63) is 47.0 Å². The number of aliphatic hydroxyl groups is 1. The van der Waals surface area contributed by atoms with Crippen molar-refractivity contribution in [1.29, 1.82) is 0 Å². The van der Waals surface area contributed by atoms with Crippen LogP contribution in [-0.4, -0.2) is 63.1 Å². The molecule has 0 spiro atoms. The summed E-state index contributed by atoms with van der Waals surface area (Å²) in [7, 11) is 1.52. The first-order valence-corrected chi connectivity index (χ1v) is 11.9. The van der Waals surface area contributed by atoms with Crippen molar-refractivity contribution in [1.82, 2.24) is 25.0 Å². The number of carbonyl (C=O) groups is 1. The van der Waals surface area contributed by atoms with E-state index in [4.69, 9.17) is 4.74 Å². The SMILES string of the molecule is COCC(=O)N[C@@H](CC(C)C)c1nnc2n1CCN(Cc1ccc(C#CC(C)(C)O)cc1)CC2. The van der Waals surface area contributed by atoms with E-state index >= 15 is 0 Å². The molecule has 2 N–H and O–H groups in total. The van der Waals surface area contributed by atoms with Gasteiger partial charge in [0.1, 0.15) is 18.0 Å². The summed E-state index contributed by atoms with van der Waals surface area (Å²) in [5.74, 6) is 7.91. The fourth-order valence-electron chi connectivity index (χ4n) is 4.05. The Kier molecular flexibility index (Phi) is 8.84. The summed E-state index contributed by atoms with van der Waals surface area (Å²) >= 11 is 0. The highest BCUT2D eigenvalue weighted by Crippen LogP contribution is 2.22. The van der Waals surface area contributed by atoms with E-state index in [2.05, 4.69) is 62.8 Å². The molecule has 3 rings (SSSR count). The second-order valence-electron chi connectivity index (χ2n) is 9.84. The Hall–Kier alpha value is -2.73. The van der Waals surface area contributed by atoms with Gasteiger partial charge in [-0.2, -0.15) is 0 Å². The normalized spacial score (nSPS) is 15.3. The smallest absolute Gasteiger partial charge is 0.246 e. The molecule has 8 nitrogen and oxygen atoms in total. The number of rotatable bonds is 8. The summed E-state index contributed by atoms with van der Waals surface area (Å²) in [6, 6.07) is 7.99. The summed E-state index contributed by atoms with van der Waals surface area (Å²) < 4.78 is 7.16. The molecule has 2 heterocycles. The molecule has 1 aliphatic heterocycles. The van der Waals surface area contributed by atoms with Gasteiger partial charge in [-0.3, -0.25) is 9.69 Å². The summed E-state index contributed by atoms with van der Waals surface area (Å²) in [6.45, 7) is 11.1. The number of ether oxygens (including phenoxy) is 1. The van der Waals surface area contributed by atoms with Crippen molar-refractivity contribution in [3.8, 4) is 11.8 Å². The van der Waals surface area contributed by atoms with Crippen LogP contribution in [0.2, 0.25) is 0 Å². The van der Waals surface area contributed by atoms with Crippen molar-refractivity contribution in [3.63, 3.8) is 0 Å². The molecule has 184 valence electrons. The largest absolute Gasteiger partial charge is 0.378 e. The summed E-state index contributed by atoms with van der Waals surface area (Å²) in [4.78, 5) is 14.6. The zero-order valence-corrected chi connectivity index (χ0v) is 21.0. The minimum Gasteiger partial charge on any atom is -0.378 e. The Balaban J connectivity index is 1.66. The van der Waals surface area contributed by atoms with Gasteiger partial charge in [-0.25, -0.2) is 0 Å². The van der Waals surface area contributed by atoms with Gasteiger partial charge in [-0.05, 0) is 43.9 Å². The maximum Gasteiger partial charge on any atom is 0.246 e. The molecule has 2 aromatic rings. The highest BCUT2D eigenvalue weighted by atomic mass is 16.5. The summed E-state index contributed by atoms with van der Waals surface area (Å²) in [5.41, 5.74) is 1.12. The maximum absolute atomic E-state index is 12.2. The van der Waals surface area contributed by atoms with Crippen LogP contribution in [0.3, 0.4) is 0 Å². The average molecular weight is 468 g/mol. The summed E-state index contributed by atoms with van der Waals surface area (Å²) in [6.07, 6.45) is 1.60. The first kappa shape index (κ1) is 25.9. The molecule has 1 atom stereocenters. The van der Waals surface area contributed by atoms with Gasteiger partial charge < -0.3 is 19.7 Å².